The molecule has 0 aromatic heterocycles. The van der Waals surface area contributed by atoms with Crippen LogP contribution in [-0.2, 0) is 14.3 Å². The summed E-state index contributed by atoms with van der Waals surface area (Å²) in [5.41, 5.74) is 0. The van der Waals surface area contributed by atoms with E-state index in [1.54, 1.807) is 0 Å². The first-order valence-corrected chi connectivity index (χ1v) is 5.65. The monoisotopic (exact) mass is 216 g/mol. The van der Waals surface area contributed by atoms with Crippen LogP contribution < -0.4 is 0 Å². The van der Waals surface area contributed by atoms with Crippen LogP contribution in [0.4, 0.5) is 0 Å². The summed E-state index contributed by atoms with van der Waals surface area (Å²) in [5.74, 6) is -0.680. The topological polar surface area (TPSA) is 55.8 Å². The molecule has 0 aliphatic heterocycles. The number of aliphatic carboxylic acids is 1. The maximum Gasteiger partial charge on any atom is 0.306 e. The Bertz CT molecular complexity index is 195. The van der Waals surface area contributed by atoms with Crippen LogP contribution in [0.3, 0.4) is 0 Å². The molecule has 1 fully saturated rings. The standard InChI is InChI=1S/C11H20O4/c1-3-14-10(15-4-2)7-9(11(12)13)8-5-6-8/h8-10H,3-7H2,1-2H3,(H,12,13). The lowest BCUT2D eigenvalue weighted by molar-refractivity contribution is -0.162. The fourth-order valence-corrected chi connectivity index (χ4v) is 1.76. The van der Waals surface area contributed by atoms with Crippen LogP contribution in [0.15, 0.2) is 0 Å². The van der Waals surface area contributed by atoms with Crippen molar-refractivity contribution in [2.45, 2.75) is 39.4 Å². The van der Waals surface area contributed by atoms with E-state index < -0.39 is 5.97 Å². The van der Waals surface area contributed by atoms with Crippen molar-refractivity contribution < 1.29 is 19.4 Å². The minimum atomic E-state index is -0.720. The van der Waals surface area contributed by atoms with Crippen molar-refractivity contribution in [2.24, 2.45) is 11.8 Å². The van der Waals surface area contributed by atoms with E-state index in [-0.39, 0.29) is 12.2 Å². The molecule has 0 bridgehead atoms. The lowest BCUT2D eigenvalue weighted by atomic mass is 10.00. The summed E-state index contributed by atoms with van der Waals surface area (Å²) in [5, 5.41) is 9.06. The third-order valence-electron chi connectivity index (χ3n) is 2.66. The largest absolute Gasteiger partial charge is 0.481 e. The van der Waals surface area contributed by atoms with Gasteiger partial charge in [0.1, 0.15) is 0 Å². The van der Waals surface area contributed by atoms with E-state index in [1.807, 2.05) is 13.8 Å². The molecule has 0 amide bonds. The zero-order chi connectivity index (χ0) is 11.3. The Balaban J connectivity index is 2.41. The van der Waals surface area contributed by atoms with Gasteiger partial charge in [-0.1, -0.05) is 0 Å². The van der Waals surface area contributed by atoms with Gasteiger partial charge in [0, 0.05) is 19.6 Å². The molecule has 1 N–H and O–H groups in total. The number of rotatable bonds is 8. The Hall–Kier alpha value is -0.610. The number of hydrogen-bond acceptors (Lipinski definition) is 3. The average Bonchev–Trinajstić information content (AvgIpc) is 2.97. The van der Waals surface area contributed by atoms with Gasteiger partial charge in [-0.25, -0.2) is 0 Å². The fraction of sp³-hybridized carbons (Fsp3) is 0.909. The Morgan fingerprint density at radius 3 is 2.20 bits per heavy atom. The average molecular weight is 216 g/mol. The van der Waals surface area contributed by atoms with Gasteiger partial charge in [-0.3, -0.25) is 4.79 Å². The maximum absolute atomic E-state index is 11.0. The third-order valence-corrected chi connectivity index (χ3v) is 2.66. The molecular weight excluding hydrogens is 196 g/mol. The number of carbonyl (C=O) groups is 1. The van der Waals surface area contributed by atoms with Crippen molar-refractivity contribution in [3.63, 3.8) is 0 Å². The van der Waals surface area contributed by atoms with Gasteiger partial charge in [-0.05, 0) is 32.6 Å². The second-order valence-electron chi connectivity index (χ2n) is 3.86. The number of carboxylic acids is 1. The first kappa shape index (κ1) is 12.5. The summed E-state index contributed by atoms with van der Waals surface area (Å²) in [6, 6.07) is 0. The minimum Gasteiger partial charge on any atom is -0.481 e. The normalized spacial score (nSPS) is 18.1. The van der Waals surface area contributed by atoms with E-state index in [0.29, 0.717) is 25.6 Å². The molecule has 0 aromatic carbocycles. The number of hydrogen-bond donors (Lipinski definition) is 1. The van der Waals surface area contributed by atoms with E-state index in [1.165, 1.54) is 0 Å². The van der Waals surface area contributed by atoms with Crippen molar-refractivity contribution in [3.8, 4) is 0 Å². The van der Waals surface area contributed by atoms with Crippen LogP contribution in [0.1, 0.15) is 33.1 Å². The van der Waals surface area contributed by atoms with Crippen LogP contribution in [0.2, 0.25) is 0 Å². The van der Waals surface area contributed by atoms with Gasteiger partial charge in [0.2, 0.25) is 0 Å². The molecule has 1 aliphatic carbocycles. The molecule has 0 saturated heterocycles. The molecule has 4 heteroatoms. The molecule has 0 spiro atoms. The first-order valence-electron chi connectivity index (χ1n) is 5.65. The molecule has 1 rings (SSSR count). The summed E-state index contributed by atoms with van der Waals surface area (Å²) in [7, 11) is 0. The predicted molar refractivity (Wildman–Crippen MR) is 55.5 cm³/mol. The zero-order valence-corrected chi connectivity index (χ0v) is 9.44. The maximum atomic E-state index is 11.0. The van der Waals surface area contributed by atoms with Crippen molar-refractivity contribution in [1.29, 1.82) is 0 Å². The molecule has 4 nitrogen and oxygen atoms in total. The van der Waals surface area contributed by atoms with Crippen molar-refractivity contribution >= 4 is 5.97 Å². The smallest absolute Gasteiger partial charge is 0.306 e. The highest BCUT2D eigenvalue weighted by atomic mass is 16.7. The second kappa shape index (κ2) is 6.08. The first-order chi connectivity index (χ1) is 7.19. The lowest BCUT2D eigenvalue weighted by Crippen LogP contribution is -2.26. The Labute approximate surface area is 90.6 Å². The van der Waals surface area contributed by atoms with Gasteiger partial charge in [0.05, 0.1) is 5.92 Å². The second-order valence-corrected chi connectivity index (χ2v) is 3.86. The van der Waals surface area contributed by atoms with Crippen LogP contribution >= 0.6 is 0 Å². The third kappa shape index (κ3) is 4.18. The highest BCUT2D eigenvalue weighted by molar-refractivity contribution is 5.70. The van der Waals surface area contributed by atoms with Gasteiger partial charge in [-0.2, -0.15) is 0 Å². The fourth-order valence-electron chi connectivity index (χ4n) is 1.76. The summed E-state index contributed by atoms with van der Waals surface area (Å²) < 4.78 is 10.7. The molecule has 1 unspecified atom stereocenters. The molecule has 0 radical (unpaired) electrons. The minimum absolute atomic E-state index is 0.298. The van der Waals surface area contributed by atoms with E-state index in [9.17, 15) is 4.79 Å². The number of carboxylic acid groups (broad SMARTS) is 1. The van der Waals surface area contributed by atoms with Crippen LogP contribution in [0.25, 0.3) is 0 Å². The van der Waals surface area contributed by atoms with Crippen LogP contribution in [0, 0.1) is 11.8 Å². The quantitative estimate of drug-likeness (QED) is 0.629. The van der Waals surface area contributed by atoms with E-state index in [2.05, 4.69) is 0 Å². The van der Waals surface area contributed by atoms with E-state index >= 15 is 0 Å². The Kier molecular flexibility index (Phi) is 5.05. The highest BCUT2D eigenvalue weighted by Gasteiger charge is 2.37. The summed E-state index contributed by atoms with van der Waals surface area (Å²) in [4.78, 5) is 11.0. The molecule has 0 aromatic rings. The molecule has 1 atom stereocenters. The summed E-state index contributed by atoms with van der Waals surface area (Å²) in [6.07, 6.45) is 2.17. The number of ether oxygens (including phenoxy) is 2. The molecule has 1 saturated carbocycles. The van der Waals surface area contributed by atoms with Crippen molar-refractivity contribution in [2.75, 3.05) is 13.2 Å². The summed E-state index contributed by atoms with van der Waals surface area (Å²) >= 11 is 0. The van der Waals surface area contributed by atoms with Gasteiger partial charge in [0.15, 0.2) is 6.29 Å². The highest BCUT2D eigenvalue weighted by Crippen LogP contribution is 2.39. The SMILES string of the molecule is CCOC(CC(C(=O)O)C1CC1)OCC. The lowest BCUT2D eigenvalue weighted by Gasteiger charge is -2.20. The van der Waals surface area contributed by atoms with E-state index in [4.69, 9.17) is 14.6 Å². The Morgan fingerprint density at radius 2 is 1.87 bits per heavy atom. The van der Waals surface area contributed by atoms with Crippen molar-refractivity contribution in [3.05, 3.63) is 0 Å². The van der Waals surface area contributed by atoms with Crippen LogP contribution in [-0.4, -0.2) is 30.6 Å². The van der Waals surface area contributed by atoms with Crippen molar-refractivity contribution in [1.82, 2.24) is 0 Å². The molecular formula is C11H20O4. The molecule has 0 heterocycles. The molecule has 1 aliphatic rings. The van der Waals surface area contributed by atoms with Gasteiger partial charge in [0.25, 0.3) is 0 Å². The molecule has 15 heavy (non-hydrogen) atoms. The molecule has 88 valence electrons. The van der Waals surface area contributed by atoms with Gasteiger partial charge >= 0.3 is 5.97 Å². The van der Waals surface area contributed by atoms with Gasteiger partial charge in [-0.15, -0.1) is 0 Å². The zero-order valence-electron chi connectivity index (χ0n) is 9.44. The summed E-state index contributed by atoms with van der Waals surface area (Å²) in [6.45, 7) is 4.89. The van der Waals surface area contributed by atoms with Crippen LogP contribution in [0.5, 0.6) is 0 Å². The van der Waals surface area contributed by atoms with E-state index in [0.717, 1.165) is 12.8 Å². The predicted octanol–water partition coefficient (Wildman–Crippen LogP) is 1.89. The van der Waals surface area contributed by atoms with Gasteiger partial charge < -0.3 is 14.6 Å². The Morgan fingerprint density at radius 1 is 1.33 bits per heavy atom.